The fourth-order valence-electron chi connectivity index (χ4n) is 4.03. The Hall–Kier alpha value is -3.48. The first kappa shape index (κ1) is 19.8. The Labute approximate surface area is 175 Å². The van der Waals surface area contributed by atoms with Gasteiger partial charge in [-0.1, -0.05) is 13.8 Å². The Kier molecular flexibility index (Phi) is 5.11. The lowest BCUT2D eigenvalue weighted by Gasteiger charge is -2.38. The fourth-order valence-corrected chi connectivity index (χ4v) is 4.03. The second-order valence-electron chi connectivity index (χ2n) is 8.14. The van der Waals surface area contributed by atoms with Gasteiger partial charge in [-0.05, 0) is 25.7 Å². The first-order chi connectivity index (χ1) is 14.4. The summed E-state index contributed by atoms with van der Waals surface area (Å²) in [5, 5.41) is 18.8. The van der Waals surface area contributed by atoms with Crippen molar-refractivity contribution in [2.24, 2.45) is 5.92 Å². The summed E-state index contributed by atoms with van der Waals surface area (Å²) in [6, 6.07) is 2.20. The average molecular weight is 407 g/mol. The van der Waals surface area contributed by atoms with Crippen LogP contribution in [0.15, 0.2) is 12.4 Å². The highest BCUT2D eigenvalue weighted by molar-refractivity contribution is 6.03. The summed E-state index contributed by atoms with van der Waals surface area (Å²) in [5.41, 5.74) is 1.70. The summed E-state index contributed by atoms with van der Waals surface area (Å²) in [6.07, 6.45) is 4.78. The Bertz CT molecular complexity index is 1010. The van der Waals surface area contributed by atoms with E-state index < -0.39 is 0 Å². The number of fused-ring (bicyclic) bond motifs is 1. The zero-order valence-corrected chi connectivity index (χ0v) is 17.5. The van der Waals surface area contributed by atoms with Crippen molar-refractivity contribution >= 4 is 29.2 Å². The Morgan fingerprint density at radius 2 is 1.90 bits per heavy atom. The largest absolute Gasteiger partial charge is 0.365 e. The van der Waals surface area contributed by atoms with Crippen LogP contribution in [0.4, 0.5) is 23.3 Å². The second-order valence-corrected chi connectivity index (χ2v) is 8.14. The van der Waals surface area contributed by atoms with Crippen molar-refractivity contribution in [1.29, 1.82) is 5.26 Å². The predicted molar refractivity (Wildman–Crippen MR) is 113 cm³/mol. The molecule has 3 heterocycles. The molecule has 1 aliphatic carbocycles. The number of hydrogen-bond acceptors (Lipinski definition) is 9. The van der Waals surface area contributed by atoms with E-state index in [2.05, 4.69) is 35.9 Å². The quantitative estimate of drug-likeness (QED) is 0.680. The molecule has 0 radical (unpaired) electrons. The molecular formula is C20H25N9O. The average Bonchev–Trinajstić information content (AvgIpc) is 2.67. The van der Waals surface area contributed by atoms with E-state index in [9.17, 15) is 4.79 Å². The Morgan fingerprint density at radius 3 is 2.60 bits per heavy atom. The Balaban J connectivity index is 1.43. The molecule has 10 heteroatoms. The van der Waals surface area contributed by atoms with Gasteiger partial charge in [0, 0.05) is 31.5 Å². The standard InChI is InChI=1S/C20H25N9O/c1-10(2)16-19(30)27-15-11(3)24-20(28-18(15)29(16)4)26-13-7-12(8-13)25-17-14(9-21)22-5-6-23-17/h5-6,10,12-13,16H,7-8H2,1-4H3,(H,23,25)(H,27,30)(H,24,26,28)/t12-,13+,16-/m0/s1. The smallest absolute Gasteiger partial charge is 0.247 e. The lowest BCUT2D eigenvalue weighted by atomic mass is 9.87. The van der Waals surface area contributed by atoms with Crippen LogP contribution in [0.5, 0.6) is 0 Å². The molecular weight excluding hydrogens is 382 g/mol. The topological polar surface area (TPSA) is 132 Å². The molecule has 2 aromatic heterocycles. The maximum atomic E-state index is 12.5. The van der Waals surface area contributed by atoms with Crippen molar-refractivity contribution in [2.45, 2.75) is 51.7 Å². The van der Waals surface area contributed by atoms with Crippen molar-refractivity contribution in [3.8, 4) is 6.07 Å². The van der Waals surface area contributed by atoms with Gasteiger partial charge < -0.3 is 20.9 Å². The van der Waals surface area contributed by atoms with E-state index in [4.69, 9.17) is 5.26 Å². The number of carbonyl (C=O) groups is 1. The van der Waals surface area contributed by atoms with Crippen LogP contribution in [-0.2, 0) is 4.79 Å². The van der Waals surface area contributed by atoms with Gasteiger partial charge in [-0.15, -0.1) is 0 Å². The third-order valence-electron chi connectivity index (χ3n) is 5.59. The van der Waals surface area contributed by atoms with Crippen molar-refractivity contribution < 1.29 is 4.79 Å². The predicted octanol–water partition coefficient (Wildman–Crippen LogP) is 1.91. The molecule has 4 rings (SSSR count). The fraction of sp³-hybridized carbons (Fsp3) is 0.500. The molecule has 0 unspecified atom stereocenters. The molecule has 10 nitrogen and oxygen atoms in total. The van der Waals surface area contributed by atoms with Crippen LogP contribution in [-0.4, -0.2) is 51.0 Å². The van der Waals surface area contributed by atoms with Crippen molar-refractivity contribution in [2.75, 3.05) is 27.9 Å². The van der Waals surface area contributed by atoms with Gasteiger partial charge >= 0.3 is 0 Å². The van der Waals surface area contributed by atoms with E-state index in [1.165, 1.54) is 6.20 Å². The SMILES string of the molecule is Cc1nc(N[C@H]2C[C@@H](Nc3nccnc3C#N)C2)nc2c1NC(=O)[C@H](C(C)C)N2C. The van der Waals surface area contributed by atoms with Gasteiger partial charge in [0.1, 0.15) is 17.8 Å². The van der Waals surface area contributed by atoms with E-state index in [1.54, 1.807) is 6.20 Å². The monoisotopic (exact) mass is 407 g/mol. The van der Waals surface area contributed by atoms with Gasteiger partial charge in [0.25, 0.3) is 0 Å². The molecule has 2 aromatic rings. The van der Waals surface area contributed by atoms with E-state index in [0.29, 0.717) is 23.1 Å². The molecule has 2 aliphatic rings. The van der Waals surface area contributed by atoms with Crippen molar-refractivity contribution in [3.05, 3.63) is 23.8 Å². The molecule has 3 N–H and O–H groups in total. The van der Waals surface area contributed by atoms with Crippen LogP contribution >= 0.6 is 0 Å². The van der Waals surface area contributed by atoms with E-state index in [-0.39, 0.29) is 30.0 Å². The molecule has 1 fully saturated rings. The molecule has 0 bridgehead atoms. The minimum atomic E-state index is -0.266. The highest BCUT2D eigenvalue weighted by Crippen LogP contribution is 2.35. The highest BCUT2D eigenvalue weighted by Gasteiger charge is 2.36. The zero-order chi connectivity index (χ0) is 21.4. The Morgan fingerprint density at radius 1 is 1.20 bits per heavy atom. The summed E-state index contributed by atoms with van der Waals surface area (Å²) in [6.45, 7) is 5.92. The van der Waals surface area contributed by atoms with E-state index >= 15 is 0 Å². The number of aryl methyl sites for hydroxylation is 1. The van der Waals surface area contributed by atoms with Gasteiger partial charge in [0.05, 0.1) is 5.69 Å². The molecule has 0 spiro atoms. The summed E-state index contributed by atoms with van der Waals surface area (Å²) in [7, 11) is 1.90. The lowest BCUT2D eigenvalue weighted by molar-refractivity contribution is -0.118. The number of nitriles is 1. The van der Waals surface area contributed by atoms with Crippen LogP contribution in [0, 0.1) is 24.2 Å². The van der Waals surface area contributed by atoms with Crippen LogP contribution < -0.4 is 20.9 Å². The van der Waals surface area contributed by atoms with Gasteiger partial charge in [-0.3, -0.25) is 4.79 Å². The minimum Gasteiger partial charge on any atom is -0.365 e. The van der Waals surface area contributed by atoms with Gasteiger partial charge in [0.2, 0.25) is 11.9 Å². The molecule has 0 saturated heterocycles. The summed E-state index contributed by atoms with van der Waals surface area (Å²) >= 11 is 0. The summed E-state index contributed by atoms with van der Waals surface area (Å²) in [5.74, 6) is 1.93. The minimum absolute atomic E-state index is 0.0268. The molecule has 1 aliphatic heterocycles. The number of amides is 1. The lowest BCUT2D eigenvalue weighted by Crippen LogP contribution is -2.50. The normalized spacial score (nSPS) is 22.6. The van der Waals surface area contributed by atoms with Gasteiger partial charge in [-0.25, -0.2) is 15.0 Å². The second kappa shape index (κ2) is 7.74. The summed E-state index contributed by atoms with van der Waals surface area (Å²) < 4.78 is 0. The van der Waals surface area contributed by atoms with Crippen molar-refractivity contribution in [1.82, 2.24) is 19.9 Å². The molecule has 156 valence electrons. The number of carbonyl (C=O) groups excluding carboxylic acids is 1. The summed E-state index contributed by atoms with van der Waals surface area (Å²) in [4.78, 5) is 31.8. The zero-order valence-electron chi connectivity index (χ0n) is 17.5. The van der Waals surface area contributed by atoms with E-state index in [0.717, 1.165) is 24.4 Å². The molecule has 1 atom stereocenters. The third-order valence-corrected chi connectivity index (χ3v) is 5.59. The van der Waals surface area contributed by atoms with Crippen LogP contribution in [0.2, 0.25) is 0 Å². The van der Waals surface area contributed by atoms with Gasteiger partial charge in [0.15, 0.2) is 17.3 Å². The molecule has 1 amide bonds. The number of aromatic nitrogens is 4. The first-order valence-electron chi connectivity index (χ1n) is 10.0. The first-order valence-corrected chi connectivity index (χ1v) is 10.0. The number of hydrogen-bond donors (Lipinski definition) is 3. The number of nitrogens with zero attached hydrogens (tertiary/aromatic N) is 6. The number of anilines is 4. The molecule has 30 heavy (non-hydrogen) atoms. The molecule has 1 saturated carbocycles. The maximum absolute atomic E-state index is 12.5. The van der Waals surface area contributed by atoms with Crippen LogP contribution in [0.3, 0.4) is 0 Å². The number of nitrogens with one attached hydrogen (secondary N) is 3. The van der Waals surface area contributed by atoms with Crippen LogP contribution in [0.1, 0.15) is 38.1 Å². The van der Waals surface area contributed by atoms with E-state index in [1.807, 2.05) is 38.8 Å². The van der Waals surface area contributed by atoms with Gasteiger partial charge in [-0.2, -0.15) is 10.2 Å². The number of likely N-dealkylation sites (N-methyl/N-ethyl adjacent to an activating group) is 1. The third kappa shape index (κ3) is 3.58. The molecule has 0 aromatic carbocycles. The highest BCUT2D eigenvalue weighted by atomic mass is 16.2. The number of rotatable bonds is 5. The van der Waals surface area contributed by atoms with Crippen molar-refractivity contribution in [3.63, 3.8) is 0 Å². The maximum Gasteiger partial charge on any atom is 0.247 e. The van der Waals surface area contributed by atoms with Crippen LogP contribution in [0.25, 0.3) is 0 Å².